The molecule has 0 radical (unpaired) electrons. The van der Waals surface area contributed by atoms with Crippen LogP contribution in [0, 0.1) is 6.92 Å². The number of nitrogens with zero attached hydrogens (tertiary/aromatic N) is 3. The minimum atomic E-state index is -0.952. The van der Waals surface area contributed by atoms with E-state index in [1.54, 1.807) is 24.3 Å². The third-order valence-electron chi connectivity index (χ3n) is 3.29. The Labute approximate surface area is 129 Å². The molecule has 0 unspecified atom stereocenters. The molecule has 0 fully saturated rings. The standard InChI is InChI=1S/C16H20N4O2/c1-4-20(5-2)15-10-14(17-11(3)18-15)19-13-8-6-7-12(9-13)16(21)22/h6-10H,4-5H2,1-3H3,(H,21,22)(H,17,18,19). The third-order valence-corrected chi connectivity index (χ3v) is 3.29. The topological polar surface area (TPSA) is 78.4 Å². The maximum Gasteiger partial charge on any atom is 0.335 e. The van der Waals surface area contributed by atoms with Gasteiger partial charge in [0.15, 0.2) is 0 Å². The first-order valence-electron chi connectivity index (χ1n) is 7.24. The Balaban J connectivity index is 2.29. The van der Waals surface area contributed by atoms with Crippen LogP contribution >= 0.6 is 0 Å². The first kappa shape index (κ1) is 15.8. The van der Waals surface area contributed by atoms with Crippen molar-refractivity contribution < 1.29 is 9.90 Å². The van der Waals surface area contributed by atoms with E-state index in [9.17, 15) is 4.79 Å². The van der Waals surface area contributed by atoms with E-state index in [4.69, 9.17) is 5.11 Å². The van der Waals surface area contributed by atoms with Gasteiger partial charge in [0.25, 0.3) is 0 Å². The lowest BCUT2D eigenvalue weighted by Crippen LogP contribution is -2.23. The molecule has 2 aromatic rings. The molecule has 0 atom stereocenters. The van der Waals surface area contributed by atoms with Gasteiger partial charge in [-0.1, -0.05) is 6.07 Å². The number of aromatic nitrogens is 2. The number of nitrogens with one attached hydrogen (secondary N) is 1. The Bertz CT molecular complexity index is 669. The van der Waals surface area contributed by atoms with E-state index < -0.39 is 5.97 Å². The monoisotopic (exact) mass is 300 g/mol. The van der Waals surface area contributed by atoms with Crippen LogP contribution in [0.25, 0.3) is 0 Å². The Kier molecular flexibility index (Phi) is 4.93. The van der Waals surface area contributed by atoms with Crippen molar-refractivity contribution in [3.8, 4) is 0 Å². The minimum Gasteiger partial charge on any atom is -0.478 e. The quantitative estimate of drug-likeness (QED) is 0.853. The zero-order chi connectivity index (χ0) is 16.1. The number of carbonyl (C=O) groups is 1. The first-order chi connectivity index (χ1) is 10.5. The highest BCUT2D eigenvalue weighted by atomic mass is 16.4. The van der Waals surface area contributed by atoms with E-state index in [1.807, 2.05) is 13.0 Å². The van der Waals surface area contributed by atoms with Gasteiger partial charge in [-0.05, 0) is 39.0 Å². The maximum absolute atomic E-state index is 11.0. The summed E-state index contributed by atoms with van der Waals surface area (Å²) in [7, 11) is 0. The van der Waals surface area contributed by atoms with Crippen molar-refractivity contribution in [3.63, 3.8) is 0 Å². The van der Waals surface area contributed by atoms with Gasteiger partial charge < -0.3 is 15.3 Å². The van der Waals surface area contributed by atoms with E-state index in [1.165, 1.54) is 0 Å². The Morgan fingerprint density at radius 2 is 1.95 bits per heavy atom. The fraction of sp³-hybridized carbons (Fsp3) is 0.312. The highest BCUT2D eigenvalue weighted by Crippen LogP contribution is 2.20. The van der Waals surface area contributed by atoms with Gasteiger partial charge in [-0.15, -0.1) is 0 Å². The van der Waals surface area contributed by atoms with E-state index in [0.717, 1.165) is 18.9 Å². The maximum atomic E-state index is 11.0. The van der Waals surface area contributed by atoms with Crippen molar-refractivity contribution in [2.24, 2.45) is 0 Å². The number of carboxylic acid groups (broad SMARTS) is 1. The van der Waals surface area contributed by atoms with Crippen LogP contribution in [-0.4, -0.2) is 34.1 Å². The highest BCUT2D eigenvalue weighted by Gasteiger charge is 2.08. The Morgan fingerprint density at radius 3 is 2.59 bits per heavy atom. The molecular formula is C16H20N4O2. The van der Waals surface area contributed by atoms with Crippen LogP contribution in [0.4, 0.5) is 17.3 Å². The van der Waals surface area contributed by atoms with Crippen LogP contribution in [0.2, 0.25) is 0 Å². The number of aryl methyl sites for hydroxylation is 1. The molecular weight excluding hydrogens is 280 g/mol. The number of anilines is 3. The zero-order valence-corrected chi connectivity index (χ0v) is 13.0. The predicted octanol–water partition coefficient (Wildman–Crippen LogP) is 3.07. The minimum absolute atomic E-state index is 0.236. The van der Waals surface area contributed by atoms with Crippen molar-refractivity contribution in [3.05, 3.63) is 41.7 Å². The summed E-state index contributed by atoms with van der Waals surface area (Å²) in [5.41, 5.74) is 0.920. The lowest BCUT2D eigenvalue weighted by molar-refractivity contribution is 0.0697. The van der Waals surface area contributed by atoms with Gasteiger partial charge >= 0.3 is 5.97 Å². The van der Waals surface area contributed by atoms with Crippen LogP contribution < -0.4 is 10.2 Å². The molecule has 1 aromatic carbocycles. The van der Waals surface area contributed by atoms with E-state index in [-0.39, 0.29) is 5.56 Å². The summed E-state index contributed by atoms with van der Waals surface area (Å²) in [6.07, 6.45) is 0. The van der Waals surface area contributed by atoms with E-state index in [0.29, 0.717) is 17.3 Å². The summed E-state index contributed by atoms with van der Waals surface area (Å²) < 4.78 is 0. The van der Waals surface area contributed by atoms with Gasteiger partial charge in [0, 0.05) is 24.8 Å². The number of rotatable bonds is 6. The summed E-state index contributed by atoms with van der Waals surface area (Å²) in [6, 6.07) is 8.51. The molecule has 0 spiro atoms. The number of hydrogen-bond acceptors (Lipinski definition) is 5. The molecule has 116 valence electrons. The molecule has 0 amide bonds. The molecule has 6 nitrogen and oxygen atoms in total. The lowest BCUT2D eigenvalue weighted by Gasteiger charge is -2.20. The van der Waals surface area contributed by atoms with Crippen molar-refractivity contribution in [1.82, 2.24) is 9.97 Å². The number of aromatic carboxylic acids is 1. The molecule has 1 aromatic heterocycles. The normalized spacial score (nSPS) is 10.3. The van der Waals surface area contributed by atoms with Crippen molar-refractivity contribution in [2.75, 3.05) is 23.3 Å². The molecule has 0 saturated heterocycles. The van der Waals surface area contributed by atoms with Crippen LogP contribution in [0.5, 0.6) is 0 Å². The molecule has 0 aliphatic rings. The van der Waals surface area contributed by atoms with Crippen LogP contribution in [0.15, 0.2) is 30.3 Å². The summed E-state index contributed by atoms with van der Waals surface area (Å²) in [6.45, 7) is 7.71. The number of carboxylic acids is 1. The second-order valence-corrected chi connectivity index (χ2v) is 4.84. The smallest absolute Gasteiger partial charge is 0.335 e. The van der Waals surface area contributed by atoms with E-state index in [2.05, 4.69) is 34.0 Å². The molecule has 2 N–H and O–H groups in total. The zero-order valence-electron chi connectivity index (χ0n) is 13.0. The second-order valence-electron chi connectivity index (χ2n) is 4.84. The molecule has 2 rings (SSSR count). The summed E-state index contributed by atoms with van der Waals surface area (Å²) in [4.78, 5) is 22.0. The van der Waals surface area contributed by atoms with Gasteiger partial charge in [-0.2, -0.15) is 0 Å². The van der Waals surface area contributed by atoms with Crippen LogP contribution in [-0.2, 0) is 0 Å². The predicted molar refractivity (Wildman–Crippen MR) is 87.0 cm³/mol. The van der Waals surface area contributed by atoms with Crippen molar-refractivity contribution in [2.45, 2.75) is 20.8 Å². The van der Waals surface area contributed by atoms with Gasteiger partial charge in [-0.3, -0.25) is 0 Å². The molecule has 0 aliphatic heterocycles. The Morgan fingerprint density at radius 1 is 1.23 bits per heavy atom. The fourth-order valence-electron chi connectivity index (χ4n) is 2.20. The molecule has 0 aliphatic carbocycles. The third kappa shape index (κ3) is 3.72. The molecule has 1 heterocycles. The van der Waals surface area contributed by atoms with E-state index >= 15 is 0 Å². The molecule has 0 saturated carbocycles. The molecule has 22 heavy (non-hydrogen) atoms. The lowest BCUT2D eigenvalue weighted by atomic mass is 10.2. The second kappa shape index (κ2) is 6.89. The van der Waals surface area contributed by atoms with Gasteiger partial charge in [0.1, 0.15) is 17.5 Å². The van der Waals surface area contributed by atoms with Gasteiger partial charge in [0.2, 0.25) is 0 Å². The van der Waals surface area contributed by atoms with Crippen LogP contribution in [0.1, 0.15) is 30.0 Å². The highest BCUT2D eigenvalue weighted by molar-refractivity contribution is 5.89. The summed E-state index contributed by atoms with van der Waals surface area (Å²) >= 11 is 0. The largest absolute Gasteiger partial charge is 0.478 e. The van der Waals surface area contributed by atoms with Gasteiger partial charge in [-0.25, -0.2) is 14.8 Å². The average molecular weight is 300 g/mol. The SMILES string of the molecule is CCN(CC)c1cc(Nc2cccc(C(=O)O)c2)nc(C)n1. The number of hydrogen-bond donors (Lipinski definition) is 2. The average Bonchev–Trinajstić information content (AvgIpc) is 2.48. The van der Waals surface area contributed by atoms with Crippen molar-refractivity contribution >= 4 is 23.3 Å². The van der Waals surface area contributed by atoms with Crippen molar-refractivity contribution in [1.29, 1.82) is 0 Å². The fourth-order valence-corrected chi connectivity index (χ4v) is 2.20. The van der Waals surface area contributed by atoms with Gasteiger partial charge in [0.05, 0.1) is 5.56 Å². The Hall–Kier alpha value is -2.63. The molecule has 6 heteroatoms. The summed E-state index contributed by atoms with van der Waals surface area (Å²) in [5, 5.41) is 12.2. The molecule has 0 bridgehead atoms. The van der Waals surface area contributed by atoms with Crippen LogP contribution in [0.3, 0.4) is 0 Å². The number of benzene rings is 1. The first-order valence-corrected chi connectivity index (χ1v) is 7.24. The summed E-state index contributed by atoms with van der Waals surface area (Å²) in [5.74, 6) is 1.22.